The van der Waals surface area contributed by atoms with Crippen molar-refractivity contribution < 1.29 is 0 Å². The third kappa shape index (κ3) is 2.72. The van der Waals surface area contributed by atoms with E-state index in [1.165, 1.54) is 24.1 Å². The highest BCUT2D eigenvalue weighted by atomic mass is 32.2. The molecule has 2 atom stereocenters. The summed E-state index contributed by atoms with van der Waals surface area (Å²) in [4.78, 5) is 9.26. The molecule has 1 aliphatic carbocycles. The Hall–Kier alpha value is -1.00. The maximum absolute atomic E-state index is 4.74. The first-order valence-electron chi connectivity index (χ1n) is 6.83. The van der Waals surface area contributed by atoms with Gasteiger partial charge in [-0.25, -0.2) is 9.97 Å². The lowest BCUT2D eigenvalue weighted by Crippen LogP contribution is -2.23. The van der Waals surface area contributed by atoms with Crippen molar-refractivity contribution in [1.82, 2.24) is 9.97 Å². The van der Waals surface area contributed by atoms with Gasteiger partial charge < -0.3 is 0 Å². The van der Waals surface area contributed by atoms with Crippen molar-refractivity contribution in [1.29, 1.82) is 0 Å². The molecule has 0 saturated heterocycles. The zero-order chi connectivity index (χ0) is 13.9. The highest BCUT2D eigenvalue weighted by Gasteiger charge is 2.34. The predicted octanol–water partition coefficient (Wildman–Crippen LogP) is 4.58. The van der Waals surface area contributed by atoms with Gasteiger partial charge in [-0.2, -0.15) is 0 Å². The van der Waals surface area contributed by atoms with E-state index in [9.17, 15) is 0 Å². The van der Waals surface area contributed by atoms with Crippen molar-refractivity contribution >= 4 is 23.5 Å². The first-order chi connectivity index (χ1) is 9.81. The zero-order valence-electron chi connectivity index (χ0n) is 11.7. The summed E-state index contributed by atoms with van der Waals surface area (Å²) >= 11 is 3.32. The number of thioether (sulfide) groups is 2. The van der Waals surface area contributed by atoms with Crippen LogP contribution < -0.4 is 0 Å². The Morgan fingerprint density at radius 2 is 1.70 bits per heavy atom. The van der Waals surface area contributed by atoms with Gasteiger partial charge in [0.15, 0.2) is 5.16 Å². The monoisotopic (exact) mass is 302 g/mol. The Labute approximate surface area is 128 Å². The third-order valence-corrected chi connectivity index (χ3v) is 5.15. The zero-order valence-corrected chi connectivity index (χ0v) is 13.4. The van der Waals surface area contributed by atoms with Gasteiger partial charge in [-0.1, -0.05) is 42.1 Å². The van der Waals surface area contributed by atoms with Gasteiger partial charge >= 0.3 is 0 Å². The second kappa shape index (κ2) is 6.19. The van der Waals surface area contributed by atoms with Crippen molar-refractivity contribution in [2.75, 3.05) is 12.5 Å². The molecule has 4 heteroatoms. The second-order valence-corrected chi connectivity index (χ2v) is 6.62. The molecule has 2 aromatic rings. The largest absolute Gasteiger partial charge is 0.227 e. The van der Waals surface area contributed by atoms with Crippen molar-refractivity contribution in [2.24, 2.45) is 0 Å². The molecule has 0 bridgehead atoms. The molecule has 0 N–H and O–H groups in total. The Morgan fingerprint density at radius 1 is 0.950 bits per heavy atom. The van der Waals surface area contributed by atoms with Crippen LogP contribution in [-0.2, 0) is 0 Å². The molecule has 2 nitrogen and oxygen atoms in total. The van der Waals surface area contributed by atoms with Crippen LogP contribution in [0.5, 0.6) is 0 Å². The van der Waals surface area contributed by atoms with Crippen LogP contribution in [0, 0.1) is 0 Å². The molecule has 3 rings (SSSR count). The van der Waals surface area contributed by atoms with E-state index < -0.39 is 0 Å². The molecular weight excluding hydrogens is 284 g/mol. The van der Waals surface area contributed by atoms with Crippen LogP contribution in [-0.4, -0.2) is 22.5 Å². The van der Waals surface area contributed by atoms with Crippen LogP contribution in [0.2, 0.25) is 0 Å². The summed E-state index contributed by atoms with van der Waals surface area (Å²) in [6.45, 7) is 0. The quantitative estimate of drug-likeness (QED) is 0.469. The van der Waals surface area contributed by atoms with Gasteiger partial charge in [0.2, 0.25) is 0 Å². The number of nitrogens with zero attached hydrogens (tertiary/aromatic N) is 2. The van der Waals surface area contributed by atoms with Gasteiger partial charge in [-0.15, -0.1) is 11.8 Å². The van der Waals surface area contributed by atoms with Gasteiger partial charge in [0.1, 0.15) is 5.03 Å². The van der Waals surface area contributed by atoms with E-state index in [0.29, 0.717) is 11.8 Å². The lowest BCUT2D eigenvalue weighted by molar-refractivity contribution is 0.337. The summed E-state index contributed by atoms with van der Waals surface area (Å²) in [6, 6.07) is 13.0. The lowest BCUT2D eigenvalue weighted by atomic mass is 9.68. The Morgan fingerprint density at radius 3 is 2.30 bits per heavy atom. The van der Waals surface area contributed by atoms with Crippen LogP contribution in [0.1, 0.15) is 35.9 Å². The summed E-state index contributed by atoms with van der Waals surface area (Å²) in [5, 5.41) is 1.98. The van der Waals surface area contributed by atoms with E-state index in [1.54, 1.807) is 23.5 Å². The molecule has 1 saturated carbocycles. The third-order valence-electron chi connectivity index (χ3n) is 3.98. The number of benzene rings is 1. The smallest absolute Gasteiger partial charge is 0.188 e. The average Bonchev–Trinajstić information content (AvgIpc) is 2.46. The predicted molar refractivity (Wildman–Crippen MR) is 86.8 cm³/mol. The fourth-order valence-corrected chi connectivity index (χ4v) is 3.62. The van der Waals surface area contributed by atoms with Crippen molar-refractivity contribution in [3.63, 3.8) is 0 Å². The van der Waals surface area contributed by atoms with Gasteiger partial charge in [0, 0.05) is 11.6 Å². The van der Waals surface area contributed by atoms with Crippen LogP contribution in [0.25, 0.3) is 0 Å². The van der Waals surface area contributed by atoms with Crippen molar-refractivity contribution in [2.45, 2.75) is 34.9 Å². The summed E-state index contributed by atoms with van der Waals surface area (Å²) < 4.78 is 0. The maximum atomic E-state index is 4.74. The fourth-order valence-electron chi connectivity index (χ4n) is 2.76. The molecule has 0 aliphatic heterocycles. The molecule has 1 heterocycles. The highest BCUT2D eigenvalue weighted by molar-refractivity contribution is 7.99. The molecule has 1 aliphatic rings. The minimum Gasteiger partial charge on any atom is -0.227 e. The van der Waals surface area contributed by atoms with Crippen molar-refractivity contribution in [3.05, 3.63) is 47.7 Å². The Bertz CT molecular complexity index is 564. The molecule has 0 radical (unpaired) electrons. The minimum atomic E-state index is 0.553. The van der Waals surface area contributed by atoms with Gasteiger partial charge in [-0.3, -0.25) is 0 Å². The van der Waals surface area contributed by atoms with Crippen molar-refractivity contribution in [3.8, 4) is 0 Å². The summed E-state index contributed by atoms with van der Waals surface area (Å²) in [7, 11) is 0. The van der Waals surface area contributed by atoms with E-state index in [4.69, 9.17) is 4.98 Å². The standard InChI is InChI=1S/C16H18N2S2/c1-19-15-10-14(17-16(18-15)20-2)13-9-8-12(13)11-6-4-3-5-7-11/h3-7,10,12-13H,8-9H2,1-2H3/t12?,13-/m0/s1. The minimum absolute atomic E-state index is 0.553. The highest BCUT2D eigenvalue weighted by Crippen LogP contribution is 2.48. The molecule has 20 heavy (non-hydrogen) atoms. The first-order valence-corrected chi connectivity index (χ1v) is 9.28. The second-order valence-electron chi connectivity index (χ2n) is 5.02. The normalized spacial score (nSPS) is 21.5. The molecule has 0 amide bonds. The van der Waals surface area contributed by atoms with Crippen LogP contribution in [0.4, 0.5) is 0 Å². The average molecular weight is 302 g/mol. The van der Waals surface area contributed by atoms with E-state index >= 15 is 0 Å². The summed E-state index contributed by atoms with van der Waals surface area (Å²) in [6.07, 6.45) is 6.62. The Kier molecular flexibility index (Phi) is 4.32. The number of aromatic nitrogens is 2. The number of hydrogen-bond acceptors (Lipinski definition) is 4. The van der Waals surface area contributed by atoms with Crippen LogP contribution >= 0.6 is 23.5 Å². The molecule has 1 aromatic carbocycles. The van der Waals surface area contributed by atoms with Gasteiger partial charge in [-0.05, 0) is 42.9 Å². The molecular formula is C16H18N2S2. The topological polar surface area (TPSA) is 25.8 Å². The Balaban J connectivity index is 1.89. The maximum Gasteiger partial charge on any atom is 0.188 e. The fraction of sp³-hybridized carbons (Fsp3) is 0.375. The van der Waals surface area contributed by atoms with E-state index in [1.807, 2.05) is 6.26 Å². The van der Waals surface area contributed by atoms with E-state index in [-0.39, 0.29) is 0 Å². The number of hydrogen-bond donors (Lipinski definition) is 0. The molecule has 0 spiro atoms. The first kappa shape index (κ1) is 14.0. The summed E-state index contributed by atoms with van der Waals surface area (Å²) in [5.74, 6) is 1.17. The van der Waals surface area contributed by atoms with E-state index in [2.05, 4.69) is 47.6 Å². The van der Waals surface area contributed by atoms with Crippen LogP contribution in [0.3, 0.4) is 0 Å². The lowest BCUT2D eigenvalue weighted by Gasteiger charge is -2.36. The van der Waals surface area contributed by atoms with Gasteiger partial charge in [0.05, 0.1) is 0 Å². The molecule has 104 valence electrons. The molecule has 1 fully saturated rings. The molecule has 1 aromatic heterocycles. The van der Waals surface area contributed by atoms with E-state index in [0.717, 1.165) is 10.2 Å². The van der Waals surface area contributed by atoms with Crippen LogP contribution in [0.15, 0.2) is 46.6 Å². The SMILES string of the molecule is CSc1cc([C@H]2CCC2c2ccccc2)nc(SC)n1. The number of rotatable bonds is 4. The molecule has 1 unspecified atom stereocenters. The van der Waals surface area contributed by atoms with Gasteiger partial charge in [0.25, 0.3) is 0 Å². The summed E-state index contributed by atoms with van der Waals surface area (Å²) in [5.41, 5.74) is 2.66.